The number of likely N-dealkylation sites (N-methyl/N-ethyl adjacent to an activating group) is 1. The fourth-order valence-corrected chi connectivity index (χ4v) is 0.759. The van der Waals surface area contributed by atoms with Crippen LogP contribution in [-0.4, -0.2) is 43.1 Å². The number of carbonyl (C=O) groups is 3. The van der Waals surface area contributed by atoms with Crippen LogP contribution in [0.3, 0.4) is 0 Å². The van der Waals surface area contributed by atoms with Crippen molar-refractivity contribution >= 4 is 18.1 Å². The van der Waals surface area contributed by atoms with Gasteiger partial charge in [-0.3, -0.25) is 14.4 Å². The minimum absolute atomic E-state index is 0.130. The molecule has 0 bridgehead atoms. The number of rotatable bonds is 5. The van der Waals surface area contributed by atoms with E-state index in [2.05, 4.69) is 5.32 Å². The van der Waals surface area contributed by atoms with Gasteiger partial charge in [-0.2, -0.15) is 0 Å². The van der Waals surface area contributed by atoms with E-state index in [9.17, 15) is 14.4 Å². The molecule has 0 aliphatic carbocycles. The first-order chi connectivity index (χ1) is 6.57. The van der Waals surface area contributed by atoms with Crippen LogP contribution in [0.2, 0.25) is 0 Å². The molecule has 0 aliphatic rings. The van der Waals surface area contributed by atoms with Gasteiger partial charge in [0.05, 0.1) is 0 Å². The maximum Gasteiger partial charge on any atom is 0.246 e. The van der Waals surface area contributed by atoms with Gasteiger partial charge in [0.15, 0.2) is 0 Å². The summed E-state index contributed by atoms with van der Waals surface area (Å²) < 4.78 is 0. The molecule has 78 valence electrons. The molecule has 0 heterocycles. The van der Waals surface area contributed by atoms with Crippen LogP contribution in [0.5, 0.6) is 0 Å². The standard InChI is InChI=1S/C9H14N2O3/c1-8(13)10-5-6-11(2)9(14)4-3-7-12/h3-4,7H,5-6H2,1-2H3,(H,10,13)/b4-3-. The molecule has 1 N–H and O–H groups in total. The van der Waals surface area contributed by atoms with Crippen molar-refractivity contribution in [3.05, 3.63) is 12.2 Å². The first-order valence-electron chi connectivity index (χ1n) is 4.19. The van der Waals surface area contributed by atoms with Crippen molar-refractivity contribution in [3.8, 4) is 0 Å². The molecule has 5 nitrogen and oxygen atoms in total. The van der Waals surface area contributed by atoms with Crippen LogP contribution in [0, 0.1) is 0 Å². The van der Waals surface area contributed by atoms with Crippen LogP contribution >= 0.6 is 0 Å². The Hall–Kier alpha value is -1.65. The lowest BCUT2D eigenvalue weighted by atomic mass is 10.4. The van der Waals surface area contributed by atoms with Crippen LogP contribution in [0.15, 0.2) is 12.2 Å². The van der Waals surface area contributed by atoms with Crippen LogP contribution in [0.4, 0.5) is 0 Å². The number of nitrogens with one attached hydrogen (secondary N) is 1. The molecule has 0 spiro atoms. The topological polar surface area (TPSA) is 66.5 Å². The van der Waals surface area contributed by atoms with Gasteiger partial charge in [0.1, 0.15) is 6.29 Å². The SMILES string of the molecule is CC(=O)NCCN(C)C(=O)/C=C\C=O. The molecule has 5 heteroatoms. The average molecular weight is 198 g/mol. The second-order valence-electron chi connectivity index (χ2n) is 2.74. The summed E-state index contributed by atoms with van der Waals surface area (Å²) in [4.78, 5) is 33.0. The highest BCUT2D eigenvalue weighted by molar-refractivity contribution is 5.90. The fourth-order valence-electron chi connectivity index (χ4n) is 0.759. The van der Waals surface area contributed by atoms with E-state index in [1.165, 1.54) is 17.9 Å². The second kappa shape index (κ2) is 6.82. The Morgan fingerprint density at radius 2 is 2.07 bits per heavy atom. The lowest BCUT2D eigenvalue weighted by Gasteiger charge is -2.14. The fraction of sp³-hybridized carbons (Fsp3) is 0.444. The van der Waals surface area contributed by atoms with E-state index in [0.29, 0.717) is 19.4 Å². The molecule has 0 saturated carbocycles. The van der Waals surface area contributed by atoms with Crippen molar-refractivity contribution in [2.75, 3.05) is 20.1 Å². The lowest BCUT2D eigenvalue weighted by Crippen LogP contribution is -2.34. The van der Waals surface area contributed by atoms with Crippen LogP contribution < -0.4 is 5.32 Å². The molecule has 0 unspecified atom stereocenters. The second-order valence-corrected chi connectivity index (χ2v) is 2.74. The zero-order valence-corrected chi connectivity index (χ0v) is 8.32. The molecular weight excluding hydrogens is 184 g/mol. The van der Waals surface area contributed by atoms with E-state index >= 15 is 0 Å². The lowest BCUT2D eigenvalue weighted by molar-refractivity contribution is -0.125. The molecule has 0 atom stereocenters. The number of aldehydes is 1. The molecule has 0 rings (SSSR count). The molecule has 0 radical (unpaired) electrons. The van der Waals surface area contributed by atoms with Crippen molar-refractivity contribution < 1.29 is 14.4 Å². The Morgan fingerprint density at radius 1 is 1.43 bits per heavy atom. The first kappa shape index (κ1) is 12.3. The summed E-state index contributed by atoms with van der Waals surface area (Å²) in [7, 11) is 1.60. The average Bonchev–Trinajstić information content (AvgIpc) is 2.13. The molecule has 0 aromatic rings. The number of carbonyl (C=O) groups excluding carboxylic acids is 3. The Bertz CT molecular complexity index is 248. The van der Waals surface area contributed by atoms with Gasteiger partial charge in [-0.1, -0.05) is 0 Å². The molecule has 14 heavy (non-hydrogen) atoms. The highest BCUT2D eigenvalue weighted by atomic mass is 16.2. The molecular formula is C9H14N2O3. The summed E-state index contributed by atoms with van der Waals surface area (Å²) in [5.74, 6) is -0.392. The van der Waals surface area contributed by atoms with Gasteiger partial charge in [-0.15, -0.1) is 0 Å². The van der Waals surface area contributed by atoms with E-state index in [0.717, 1.165) is 6.08 Å². The van der Waals surface area contributed by atoms with Crippen molar-refractivity contribution in [2.24, 2.45) is 0 Å². The zero-order chi connectivity index (χ0) is 11.0. The quantitative estimate of drug-likeness (QED) is 0.471. The smallest absolute Gasteiger partial charge is 0.246 e. The predicted octanol–water partition coefficient (Wildman–Crippen LogP) is -0.664. The highest BCUT2D eigenvalue weighted by Gasteiger charge is 2.03. The molecule has 0 aliphatic heterocycles. The van der Waals surface area contributed by atoms with Crippen LogP contribution in [0.25, 0.3) is 0 Å². The van der Waals surface area contributed by atoms with Crippen molar-refractivity contribution in [2.45, 2.75) is 6.92 Å². The van der Waals surface area contributed by atoms with Gasteiger partial charge in [0, 0.05) is 33.1 Å². The molecule has 0 aromatic carbocycles. The predicted molar refractivity (Wildman–Crippen MR) is 51.5 cm³/mol. The number of amides is 2. The number of hydrogen-bond acceptors (Lipinski definition) is 3. The maximum atomic E-state index is 11.1. The Morgan fingerprint density at radius 3 is 2.57 bits per heavy atom. The van der Waals surface area contributed by atoms with Gasteiger partial charge in [-0.05, 0) is 6.08 Å². The summed E-state index contributed by atoms with van der Waals surface area (Å²) in [6.07, 6.45) is 2.86. The van der Waals surface area contributed by atoms with Gasteiger partial charge in [-0.25, -0.2) is 0 Å². The van der Waals surface area contributed by atoms with E-state index in [1.54, 1.807) is 7.05 Å². The normalized spacial score (nSPS) is 9.86. The summed E-state index contributed by atoms with van der Waals surface area (Å²) >= 11 is 0. The third kappa shape index (κ3) is 5.93. The molecule has 0 fully saturated rings. The third-order valence-electron chi connectivity index (χ3n) is 1.51. The van der Waals surface area contributed by atoms with Crippen molar-refractivity contribution in [1.29, 1.82) is 0 Å². The van der Waals surface area contributed by atoms with E-state index in [1.807, 2.05) is 0 Å². The number of nitrogens with zero attached hydrogens (tertiary/aromatic N) is 1. The molecule has 0 aromatic heterocycles. The third-order valence-corrected chi connectivity index (χ3v) is 1.51. The minimum atomic E-state index is -0.262. The summed E-state index contributed by atoms with van der Waals surface area (Å²) in [6, 6.07) is 0. The maximum absolute atomic E-state index is 11.1. The van der Waals surface area contributed by atoms with Crippen LogP contribution in [-0.2, 0) is 14.4 Å². The Balaban J connectivity index is 3.78. The van der Waals surface area contributed by atoms with Crippen LogP contribution in [0.1, 0.15) is 6.92 Å². The highest BCUT2D eigenvalue weighted by Crippen LogP contribution is 1.85. The number of allylic oxidation sites excluding steroid dienone is 1. The van der Waals surface area contributed by atoms with Crippen molar-refractivity contribution in [3.63, 3.8) is 0 Å². The monoisotopic (exact) mass is 198 g/mol. The van der Waals surface area contributed by atoms with E-state index in [4.69, 9.17) is 0 Å². The largest absolute Gasteiger partial charge is 0.355 e. The zero-order valence-electron chi connectivity index (χ0n) is 8.32. The Labute approximate surface area is 82.8 Å². The number of hydrogen-bond donors (Lipinski definition) is 1. The van der Waals surface area contributed by atoms with Gasteiger partial charge >= 0.3 is 0 Å². The first-order valence-corrected chi connectivity index (χ1v) is 4.19. The van der Waals surface area contributed by atoms with Gasteiger partial charge in [0.2, 0.25) is 11.8 Å². The molecule has 0 saturated heterocycles. The Kier molecular flexibility index (Phi) is 6.02. The minimum Gasteiger partial charge on any atom is -0.355 e. The summed E-state index contributed by atoms with van der Waals surface area (Å²) in [5, 5.41) is 2.56. The van der Waals surface area contributed by atoms with Crippen molar-refractivity contribution in [1.82, 2.24) is 10.2 Å². The molecule has 2 amide bonds. The summed E-state index contributed by atoms with van der Waals surface area (Å²) in [6.45, 7) is 2.24. The van der Waals surface area contributed by atoms with Gasteiger partial charge in [0.25, 0.3) is 0 Å². The van der Waals surface area contributed by atoms with E-state index in [-0.39, 0.29) is 11.8 Å². The van der Waals surface area contributed by atoms with Gasteiger partial charge < -0.3 is 10.2 Å². The summed E-state index contributed by atoms with van der Waals surface area (Å²) in [5.41, 5.74) is 0. The van der Waals surface area contributed by atoms with E-state index < -0.39 is 0 Å².